The van der Waals surface area contributed by atoms with E-state index in [1.165, 1.54) is 12.1 Å². The predicted octanol–water partition coefficient (Wildman–Crippen LogP) is 4.29. The number of hydrogen-bond acceptors (Lipinski definition) is 3. The first kappa shape index (κ1) is 22.1. The molecule has 0 radical (unpaired) electrons. The van der Waals surface area contributed by atoms with Crippen LogP contribution in [0.2, 0.25) is 0 Å². The minimum Gasteiger partial charge on any atom is -0.369 e. The van der Waals surface area contributed by atoms with Crippen LogP contribution >= 0.6 is 0 Å². The van der Waals surface area contributed by atoms with Gasteiger partial charge < -0.3 is 20.0 Å². The first-order valence-corrected chi connectivity index (χ1v) is 11.3. The number of piperidine rings is 1. The van der Waals surface area contributed by atoms with Crippen molar-refractivity contribution in [2.24, 2.45) is 0 Å². The molecule has 2 aromatic rings. The molecule has 3 amide bonds. The zero-order valence-corrected chi connectivity index (χ0v) is 18.8. The highest BCUT2D eigenvalue weighted by Crippen LogP contribution is 2.29. The Morgan fingerprint density at radius 2 is 1.62 bits per heavy atom. The van der Waals surface area contributed by atoms with Crippen LogP contribution in [0.15, 0.2) is 48.5 Å². The quantitative estimate of drug-likeness (QED) is 0.775. The van der Waals surface area contributed by atoms with Crippen molar-refractivity contribution in [1.82, 2.24) is 9.80 Å². The van der Waals surface area contributed by atoms with Crippen LogP contribution in [-0.2, 0) is 4.79 Å². The predicted molar refractivity (Wildman–Crippen MR) is 124 cm³/mol. The maximum absolute atomic E-state index is 13.1. The summed E-state index contributed by atoms with van der Waals surface area (Å²) in [6.45, 7) is 4.71. The van der Waals surface area contributed by atoms with E-state index >= 15 is 0 Å². The highest BCUT2D eigenvalue weighted by Gasteiger charge is 2.27. The number of carbonyl (C=O) groups excluding carboxylic acids is 2. The van der Waals surface area contributed by atoms with Crippen molar-refractivity contribution in [2.75, 3.05) is 43.4 Å². The number of nitrogens with zero attached hydrogens (tertiary/aromatic N) is 3. The number of likely N-dealkylation sites (N-methyl/N-ethyl adjacent to an activating group) is 1. The highest BCUT2D eigenvalue weighted by atomic mass is 19.1. The molecular formula is C25H31FN4O2. The number of likely N-dealkylation sites (tertiary alicyclic amines) is 1. The summed E-state index contributed by atoms with van der Waals surface area (Å²) >= 11 is 0. The summed E-state index contributed by atoms with van der Waals surface area (Å²) in [7, 11) is 1.86. The molecule has 1 N–H and O–H groups in total. The van der Waals surface area contributed by atoms with Crippen LogP contribution in [0.3, 0.4) is 0 Å². The minimum atomic E-state index is -0.218. The van der Waals surface area contributed by atoms with Gasteiger partial charge in [-0.05, 0) is 67.1 Å². The fraction of sp³-hybridized carbons (Fsp3) is 0.440. The zero-order valence-electron chi connectivity index (χ0n) is 18.8. The van der Waals surface area contributed by atoms with Crippen LogP contribution in [0.4, 0.5) is 20.6 Å². The summed E-state index contributed by atoms with van der Waals surface area (Å²) in [6, 6.07) is 14.8. The molecule has 2 aliphatic heterocycles. The molecular weight excluding hydrogens is 407 g/mol. The van der Waals surface area contributed by atoms with E-state index < -0.39 is 0 Å². The van der Waals surface area contributed by atoms with Crippen molar-refractivity contribution >= 4 is 23.3 Å². The van der Waals surface area contributed by atoms with Gasteiger partial charge in [-0.15, -0.1) is 0 Å². The average Bonchev–Trinajstić information content (AvgIpc) is 3.30. The van der Waals surface area contributed by atoms with Crippen LogP contribution < -0.4 is 10.2 Å². The van der Waals surface area contributed by atoms with Crippen molar-refractivity contribution in [3.05, 3.63) is 59.9 Å². The Kier molecular flexibility index (Phi) is 6.63. The summed E-state index contributed by atoms with van der Waals surface area (Å²) in [4.78, 5) is 30.2. The van der Waals surface area contributed by atoms with Gasteiger partial charge >= 0.3 is 6.03 Å². The lowest BCUT2D eigenvalue weighted by Gasteiger charge is -2.32. The van der Waals surface area contributed by atoms with Gasteiger partial charge in [0.05, 0.1) is 6.04 Å². The molecule has 0 bridgehead atoms. The lowest BCUT2D eigenvalue weighted by Crippen LogP contribution is -2.40. The van der Waals surface area contributed by atoms with Gasteiger partial charge in [0.25, 0.3) is 0 Å². The molecule has 0 unspecified atom stereocenters. The molecule has 2 saturated heterocycles. The third-order valence-electron chi connectivity index (χ3n) is 6.82. The van der Waals surface area contributed by atoms with Gasteiger partial charge in [-0.1, -0.05) is 12.1 Å². The molecule has 2 fully saturated rings. The van der Waals surface area contributed by atoms with E-state index in [2.05, 4.69) is 10.2 Å². The Bertz CT molecular complexity index is 939. The number of hydrogen-bond donors (Lipinski definition) is 1. The summed E-state index contributed by atoms with van der Waals surface area (Å²) in [5, 5.41) is 3.00. The van der Waals surface area contributed by atoms with E-state index in [4.69, 9.17) is 0 Å². The second kappa shape index (κ2) is 9.59. The Hall–Kier alpha value is -3.09. The third kappa shape index (κ3) is 5.03. The largest absolute Gasteiger partial charge is 0.369 e. The van der Waals surface area contributed by atoms with Gasteiger partial charge in [0, 0.05) is 51.5 Å². The molecule has 0 aromatic heterocycles. The van der Waals surface area contributed by atoms with Crippen molar-refractivity contribution in [1.29, 1.82) is 0 Å². The lowest BCUT2D eigenvalue weighted by molar-refractivity contribution is -0.129. The normalized spacial score (nSPS) is 19.2. The van der Waals surface area contributed by atoms with E-state index in [-0.39, 0.29) is 23.8 Å². The van der Waals surface area contributed by atoms with E-state index in [1.807, 2.05) is 53.2 Å². The van der Waals surface area contributed by atoms with E-state index in [0.717, 1.165) is 49.3 Å². The molecule has 2 aliphatic rings. The number of nitrogens with one attached hydrogen (secondary N) is 1. The molecule has 0 spiro atoms. The molecule has 0 saturated carbocycles. The molecule has 170 valence electrons. The van der Waals surface area contributed by atoms with Gasteiger partial charge in [0.1, 0.15) is 5.82 Å². The number of amides is 3. The van der Waals surface area contributed by atoms with Gasteiger partial charge in [-0.3, -0.25) is 4.79 Å². The molecule has 0 aliphatic carbocycles. The van der Waals surface area contributed by atoms with Crippen LogP contribution in [0, 0.1) is 5.82 Å². The van der Waals surface area contributed by atoms with Crippen LogP contribution in [-0.4, -0.2) is 61.0 Å². The molecule has 1 atom stereocenters. The molecule has 32 heavy (non-hydrogen) atoms. The SMILES string of the molecule is CC(=O)N(C)[C@@H]1CCN(c2ccc(NC(=O)N3CCC(c4ccc(F)cc4)CC3)cc2)C1. The van der Waals surface area contributed by atoms with Crippen molar-refractivity contribution in [2.45, 2.75) is 38.1 Å². The first-order chi connectivity index (χ1) is 15.4. The van der Waals surface area contributed by atoms with Crippen molar-refractivity contribution in [3.8, 4) is 0 Å². The summed E-state index contributed by atoms with van der Waals surface area (Å²) in [5.41, 5.74) is 3.01. The van der Waals surface area contributed by atoms with Gasteiger partial charge in [-0.25, -0.2) is 9.18 Å². The Balaban J connectivity index is 1.27. The van der Waals surface area contributed by atoms with Crippen molar-refractivity contribution in [3.63, 3.8) is 0 Å². The standard InChI is InChI=1S/C25H31FN4O2/c1-18(31)28(2)24-13-16-30(17-24)23-9-7-22(8-10-23)27-25(32)29-14-11-20(12-15-29)19-3-5-21(26)6-4-19/h3-10,20,24H,11-17H2,1-2H3,(H,27,32)/t24-/m1/s1. The Morgan fingerprint density at radius 1 is 0.969 bits per heavy atom. The third-order valence-corrected chi connectivity index (χ3v) is 6.82. The Morgan fingerprint density at radius 3 is 2.25 bits per heavy atom. The van der Waals surface area contributed by atoms with Gasteiger partial charge in [0.15, 0.2) is 0 Å². The lowest BCUT2D eigenvalue weighted by atomic mass is 9.89. The molecule has 6 nitrogen and oxygen atoms in total. The second-order valence-corrected chi connectivity index (χ2v) is 8.81. The van der Waals surface area contributed by atoms with Crippen LogP contribution in [0.25, 0.3) is 0 Å². The highest BCUT2D eigenvalue weighted by molar-refractivity contribution is 5.89. The second-order valence-electron chi connectivity index (χ2n) is 8.81. The maximum Gasteiger partial charge on any atom is 0.321 e. The summed E-state index contributed by atoms with van der Waals surface area (Å²) in [5.74, 6) is 0.242. The number of urea groups is 1. The monoisotopic (exact) mass is 438 g/mol. The number of anilines is 2. The van der Waals surface area contributed by atoms with Crippen LogP contribution in [0.1, 0.15) is 37.7 Å². The Labute approximate surface area is 189 Å². The van der Waals surface area contributed by atoms with Gasteiger partial charge in [0.2, 0.25) is 5.91 Å². The molecule has 7 heteroatoms. The number of halogens is 1. The first-order valence-electron chi connectivity index (χ1n) is 11.3. The molecule has 4 rings (SSSR count). The van der Waals surface area contributed by atoms with E-state index in [9.17, 15) is 14.0 Å². The fourth-order valence-corrected chi connectivity index (χ4v) is 4.66. The number of carbonyl (C=O) groups is 2. The van der Waals surface area contributed by atoms with Gasteiger partial charge in [-0.2, -0.15) is 0 Å². The minimum absolute atomic E-state index is 0.0837. The summed E-state index contributed by atoms with van der Waals surface area (Å²) < 4.78 is 13.1. The number of rotatable bonds is 4. The fourth-order valence-electron chi connectivity index (χ4n) is 4.66. The maximum atomic E-state index is 13.1. The van der Waals surface area contributed by atoms with E-state index in [1.54, 1.807) is 6.92 Å². The van der Waals surface area contributed by atoms with E-state index in [0.29, 0.717) is 19.0 Å². The summed E-state index contributed by atoms with van der Waals surface area (Å²) in [6.07, 6.45) is 2.72. The van der Waals surface area contributed by atoms with Crippen molar-refractivity contribution < 1.29 is 14.0 Å². The number of benzene rings is 2. The van der Waals surface area contributed by atoms with Crippen LogP contribution in [0.5, 0.6) is 0 Å². The zero-order chi connectivity index (χ0) is 22.7. The topological polar surface area (TPSA) is 55.9 Å². The average molecular weight is 439 g/mol. The smallest absolute Gasteiger partial charge is 0.321 e. The molecule has 2 heterocycles. The molecule has 2 aromatic carbocycles.